The van der Waals surface area contributed by atoms with E-state index in [0.29, 0.717) is 38.5 Å². The van der Waals surface area contributed by atoms with Gasteiger partial charge in [0.25, 0.3) is 0 Å². The summed E-state index contributed by atoms with van der Waals surface area (Å²) in [6.45, 7) is 4.63. The second-order valence-corrected chi connectivity index (χ2v) is 28.9. The highest BCUT2D eigenvalue weighted by Crippen LogP contribution is 2.45. The molecule has 3 N–H and O–H groups in total. The molecule has 0 aromatic rings. The lowest BCUT2D eigenvalue weighted by Gasteiger charge is -2.21. The predicted octanol–water partition coefficient (Wildman–Crippen LogP) is 22.9. The number of hydrogen-bond donors (Lipinski definition) is 3. The Morgan fingerprint density at radius 2 is 0.520 bits per heavy atom. The Morgan fingerprint density at radius 3 is 0.873 bits per heavy atom. The highest BCUT2D eigenvalue weighted by molar-refractivity contribution is 7.47. The number of allylic oxidation sites excluding steroid dienone is 22. The molecule has 0 radical (unpaired) electrons. The van der Waals surface area contributed by atoms with Crippen molar-refractivity contribution in [2.75, 3.05) is 39.6 Å². The number of ether oxygens (including phenoxy) is 4. The largest absolute Gasteiger partial charge is 0.472 e. The molecule has 102 heavy (non-hydrogen) atoms. The average molecular weight is 1470 g/mol. The molecule has 0 aliphatic carbocycles. The van der Waals surface area contributed by atoms with Crippen molar-refractivity contribution in [3.8, 4) is 0 Å². The molecule has 5 atom stereocenters. The number of phosphoric ester groups is 2. The van der Waals surface area contributed by atoms with Crippen LogP contribution in [0.3, 0.4) is 0 Å². The highest BCUT2D eigenvalue weighted by atomic mass is 31.2. The normalized spacial score (nSPS) is 14.6. The van der Waals surface area contributed by atoms with Gasteiger partial charge < -0.3 is 33.8 Å². The molecule has 584 valence electrons. The van der Waals surface area contributed by atoms with Crippen LogP contribution in [0.2, 0.25) is 0 Å². The number of carbonyl (C=O) groups is 4. The van der Waals surface area contributed by atoms with Crippen LogP contribution in [0.25, 0.3) is 0 Å². The Morgan fingerprint density at radius 1 is 0.284 bits per heavy atom. The minimum absolute atomic E-state index is 0.00382. The van der Waals surface area contributed by atoms with Crippen molar-refractivity contribution < 1.29 is 80.2 Å². The molecule has 0 aromatic heterocycles. The van der Waals surface area contributed by atoms with Gasteiger partial charge in [0.15, 0.2) is 12.2 Å². The van der Waals surface area contributed by atoms with E-state index in [1.165, 1.54) is 89.9 Å². The molecule has 0 heterocycles. The van der Waals surface area contributed by atoms with E-state index in [-0.39, 0.29) is 25.7 Å². The third kappa shape index (κ3) is 73.5. The number of esters is 4. The van der Waals surface area contributed by atoms with Crippen LogP contribution in [0, 0.1) is 0 Å². The van der Waals surface area contributed by atoms with E-state index in [1.54, 1.807) is 0 Å². The first kappa shape index (κ1) is 97.2. The number of phosphoric acid groups is 2. The lowest BCUT2D eigenvalue weighted by atomic mass is 10.1. The average Bonchev–Trinajstić information content (AvgIpc) is 0.943. The van der Waals surface area contributed by atoms with E-state index in [9.17, 15) is 43.2 Å². The van der Waals surface area contributed by atoms with E-state index in [2.05, 4.69) is 137 Å². The van der Waals surface area contributed by atoms with Gasteiger partial charge in [0, 0.05) is 25.7 Å². The topological polar surface area (TPSA) is 237 Å². The number of aliphatic hydroxyl groups excluding tert-OH is 1. The van der Waals surface area contributed by atoms with Crippen molar-refractivity contribution in [1.29, 1.82) is 0 Å². The van der Waals surface area contributed by atoms with Gasteiger partial charge in [-0.1, -0.05) is 264 Å². The number of hydrogen-bond acceptors (Lipinski definition) is 15. The number of unbranched alkanes of at least 4 members (excludes halogenated alkanes) is 26. The fraction of sp³-hybridized carbons (Fsp3) is 0.687. The third-order valence-electron chi connectivity index (χ3n) is 16.1. The summed E-state index contributed by atoms with van der Waals surface area (Å²) in [5.41, 5.74) is 0. The number of rotatable bonds is 73. The summed E-state index contributed by atoms with van der Waals surface area (Å²) in [4.78, 5) is 72.9. The molecule has 0 spiro atoms. The molecule has 17 nitrogen and oxygen atoms in total. The van der Waals surface area contributed by atoms with Crippen LogP contribution in [0.1, 0.15) is 310 Å². The van der Waals surface area contributed by atoms with Gasteiger partial charge in [-0.15, -0.1) is 0 Å². The number of carbonyl (C=O) groups excluding carboxylic acids is 4. The van der Waals surface area contributed by atoms with Crippen molar-refractivity contribution in [2.24, 2.45) is 0 Å². The zero-order chi connectivity index (χ0) is 74.6. The number of aliphatic hydroxyl groups is 1. The fourth-order valence-corrected chi connectivity index (χ4v) is 11.6. The van der Waals surface area contributed by atoms with Gasteiger partial charge in [-0.3, -0.25) is 37.3 Å². The molecule has 19 heteroatoms. The fourth-order valence-electron chi connectivity index (χ4n) is 10.0. The van der Waals surface area contributed by atoms with Gasteiger partial charge >= 0.3 is 39.5 Å². The zero-order valence-electron chi connectivity index (χ0n) is 63.7. The quantitative estimate of drug-likeness (QED) is 0.0128. The Hall–Kier alpha value is -4.80. The van der Waals surface area contributed by atoms with Crippen molar-refractivity contribution in [2.45, 2.75) is 329 Å². The molecule has 0 bridgehead atoms. The van der Waals surface area contributed by atoms with Gasteiger partial charge in [-0.05, 0) is 154 Å². The van der Waals surface area contributed by atoms with E-state index in [4.69, 9.17) is 37.0 Å². The molecule has 0 aromatic carbocycles. The Balaban J connectivity index is 5.49. The van der Waals surface area contributed by atoms with Crippen LogP contribution in [0.15, 0.2) is 134 Å². The molecular formula is C83H140O17P2. The lowest BCUT2D eigenvalue weighted by Crippen LogP contribution is -2.30. The molecule has 2 unspecified atom stereocenters. The summed E-state index contributed by atoms with van der Waals surface area (Å²) in [7, 11) is -10.00. The maximum absolute atomic E-state index is 13.1. The summed E-state index contributed by atoms with van der Waals surface area (Å²) in [5, 5.41) is 10.6. The standard InChI is InChI=1S/C83H140O17P2/c1-5-9-13-17-21-25-29-33-36-38-41-44-48-52-56-60-64-68-81(86)94-74-79(100-83(88)70-66-62-58-54-50-46-42-39-37-34-30-26-22-18-14-10-6-2)76-98-102(91,92)96-72-77(84)71-95-101(89,90)97-75-78(73-93-80(85)67-63-59-55-51-47-43-32-28-24-20-16-12-8-4)99-82(87)69-65-61-57-53-49-45-40-35-31-27-23-19-15-11-7-3/h21-22,25-28,31-37,40-42,44,46,52,54,56,58,77-79,84H,5-20,23-24,29-30,38-39,43,45,47-51,53,55,57,59-76H2,1-4H3,(H,89,90)(H,91,92)/b25-21-,26-22-,31-27-,32-28-,36-33-,37-34-,40-35-,44-41-,46-42-,56-52-,58-54-/t77-,78-,79-/m1/s1. The summed E-state index contributed by atoms with van der Waals surface area (Å²) in [6.07, 6.45) is 83.0. The van der Waals surface area contributed by atoms with Crippen LogP contribution in [-0.4, -0.2) is 96.7 Å². The second kappa shape index (κ2) is 74.5. The van der Waals surface area contributed by atoms with Crippen molar-refractivity contribution in [3.63, 3.8) is 0 Å². The zero-order valence-corrected chi connectivity index (χ0v) is 65.5. The van der Waals surface area contributed by atoms with Gasteiger partial charge in [-0.2, -0.15) is 0 Å². The molecule has 0 fully saturated rings. The molecular weight excluding hydrogens is 1330 g/mol. The van der Waals surface area contributed by atoms with Gasteiger partial charge in [0.05, 0.1) is 26.4 Å². The SMILES string of the molecule is CCCCC/C=C\C/C=C\C/C=C\C/C=C\CCCC(=O)OC[C@H](COP(=O)(O)OC[C@H](O)COP(=O)(O)OC[C@@H](COC(=O)CCCCCCC/C=C\CCCCCC)OC(=O)CCCCCCC/C=C\C=C/CCCCCC)OC(=O)CCC/C=C\C/C=C\C/C=C\C/C=C\CCCCC. The predicted molar refractivity (Wildman–Crippen MR) is 418 cm³/mol. The molecule has 0 saturated heterocycles. The highest BCUT2D eigenvalue weighted by Gasteiger charge is 2.30. The summed E-state index contributed by atoms with van der Waals surface area (Å²) < 4.78 is 68.4. The van der Waals surface area contributed by atoms with Crippen LogP contribution >= 0.6 is 15.6 Å². The first-order valence-electron chi connectivity index (χ1n) is 39.4. The van der Waals surface area contributed by atoms with E-state index in [0.717, 1.165) is 128 Å². The van der Waals surface area contributed by atoms with Crippen LogP contribution in [0.5, 0.6) is 0 Å². The smallest absolute Gasteiger partial charge is 0.462 e. The van der Waals surface area contributed by atoms with E-state index >= 15 is 0 Å². The second-order valence-electron chi connectivity index (χ2n) is 26.0. The monoisotopic (exact) mass is 1470 g/mol. The van der Waals surface area contributed by atoms with Gasteiger partial charge in [0.2, 0.25) is 0 Å². The van der Waals surface area contributed by atoms with E-state index < -0.39 is 97.5 Å². The van der Waals surface area contributed by atoms with Crippen molar-refractivity contribution >= 4 is 39.5 Å². The first-order chi connectivity index (χ1) is 49.7. The van der Waals surface area contributed by atoms with Gasteiger partial charge in [0.1, 0.15) is 19.3 Å². The Bertz CT molecular complexity index is 2460. The van der Waals surface area contributed by atoms with Crippen LogP contribution in [-0.2, 0) is 65.4 Å². The molecule has 0 amide bonds. The maximum Gasteiger partial charge on any atom is 0.472 e. The van der Waals surface area contributed by atoms with Crippen molar-refractivity contribution in [1.82, 2.24) is 0 Å². The molecule has 0 aliphatic rings. The Kier molecular flexibility index (Phi) is 71.0. The summed E-state index contributed by atoms with van der Waals surface area (Å²) in [6, 6.07) is 0. The van der Waals surface area contributed by atoms with Gasteiger partial charge in [-0.25, -0.2) is 9.13 Å². The first-order valence-corrected chi connectivity index (χ1v) is 42.4. The minimum Gasteiger partial charge on any atom is -0.462 e. The van der Waals surface area contributed by atoms with Crippen LogP contribution in [0.4, 0.5) is 0 Å². The maximum atomic E-state index is 13.1. The summed E-state index contributed by atoms with van der Waals surface area (Å²) >= 11 is 0. The van der Waals surface area contributed by atoms with E-state index in [1.807, 2.05) is 24.3 Å². The van der Waals surface area contributed by atoms with Crippen molar-refractivity contribution in [3.05, 3.63) is 134 Å². The Labute approximate surface area is 618 Å². The third-order valence-corrected chi connectivity index (χ3v) is 18.0. The lowest BCUT2D eigenvalue weighted by molar-refractivity contribution is -0.161. The van der Waals surface area contributed by atoms with Crippen LogP contribution < -0.4 is 0 Å². The molecule has 0 aliphatic heterocycles. The summed E-state index contributed by atoms with van der Waals surface area (Å²) in [5.74, 6) is -2.33. The molecule has 0 saturated carbocycles. The minimum atomic E-state index is -5.01. The molecule has 0 rings (SSSR count).